The van der Waals surface area contributed by atoms with Crippen molar-refractivity contribution >= 4 is 28.9 Å². The molecule has 10 heteroatoms. The fraction of sp³-hybridized carbons (Fsp3) is 0.0476. The molecule has 0 spiro atoms. The Morgan fingerprint density at radius 3 is 2.48 bits per heavy atom. The second-order valence-corrected chi connectivity index (χ2v) is 6.47. The number of anilines is 1. The first kappa shape index (κ1) is 20.4. The maximum atomic E-state index is 13.2. The quantitative estimate of drug-likeness (QED) is 0.455. The smallest absolute Gasteiger partial charge is 0.416 e. The van der Waals surface area contributed by atoms with Crippen LogP contribution in [0.1, 0.15) is 17.1 Å². The van der Waals surface area contributed by atoms with Gasteiger partial charge in [0.15, 0.2) is 0 Å². The number of para-hydroxylation sites is 1. The Morgan fingerprint density at radius 2 is 1.77 bits per heavy atom. The van der Waals surface area contributed by atoms with Gasteiger partial charge in [-0.1, -0.05) is 23.4 Å². The molecule has 0 unspecified atom stereocenters. The van der Waals surface area contributed by atoms with Crippen LogP contribution in [0.25, 0.3) is 28.7 Å². The number of nitrogens with zero attached hydrogens (tertiary/aromatic N) is 3. The molecule has 0 bridgehead atoms. The van der Waals surface area contributed by atoms with E-state index >= 15 is 0 Å². The predicted molar refractivity (Wildman–Crippen MR) is 106 cm³/mol. The number of hydrogen-bond donors (Lipinski definition) is 2. The summed E-state index contributed by atoms with van der Waals surface area (Å²) in [6.07, 6.45) is -1.80. The Bertz CT molecular complexity index is 1340. The largest absolute Gasteiger partial charge is 0.437 e. The van der Waals surface area contributed by atoms with E-state index in [4.69, 9.17) is 14.8 Å². The van der Waals surface area contributed by atoms with Gasteiger partial charge >= 0.3 is 6.18 Å². The Morgan fingerprint density at radius 1 is 1.00 bits per heavy atom. The van der Waals surface area contributed by atoms with Crippen LogP contribution in [0, 0.1) is 0 Å². The standard InChI is InChI=1S/C21H14F3N3O4/c22-21(23,24)13-4-3-5-14(12-13)26-18(10-8-15-9-11-19(31-15)27(29)30)25-17-7-2-1-6-16(17)20(26)28/h1-12,29-30H/b10-8+. The molecule has 0 amide bonds. The van der Waals surface area contributed by atoms with E-state index in [9.17, 15) is 18.0 Å². The minimum Gasteiger partial charge on any atom is -0.437 e. The Labute approximate surface area is 172 Å². The number of benzene rings is 2. The van der Waals surface area contributed by atoms with Gasteiger partial charge in [-0.05, 0) is 48.6 Å². The van der Waals surface area contributed by atoms with Crippen LogP contribution >= 0.6 is 0 Å². The Hall–Kier alpha value is -3.89. The van der Waals surface area contributed by atoms with Crippen LogP contribution in [0.5, 0.6) is 0 Å². The average molecular weight is 429 g/mol. The van der Waals surface area contributed by atoms with Crippen LogP contribution in [0.4, 0.5) is 19.1 Å². The molecule has 2 heterocycles. The molecule has 0 fully saturated rings. The third kappa shape index (κ3) is 4.06. The van der Waals surface area contributed by atoms with Gasteiger partial charge in [-0.3, -0.25) is 19.8 Å². The highest BCUT2D eigenvalue weighted by atomic mass is 19.4. The van der Waals surface area contributed by atoms with Gasteiger partial charge in [0.2, 0.25) is 5.88 Å². The normalized spacial score (nSPS) is 12.0. The van der Waals surface area contributed by atoms with Gasteiger partial charge < -0.3 is 4.42 Å². The van der Waals surface area contributed by atoms with Gasteiger partial charge in [0, 0.05) is 6.07 Å². The molecule has 158 valence electrons. The minimum atomic E-state index is -4.58. The third-order valence-electron chi connectivity index (χ3n) is 4.44. The van der Waals surface area contributed by atoms with E-state index in [1.807, 2.05) is 0 Å². The van der Waals surface area contributed by atoms with Crippen molar-refractivity contribution in [1.82, 2.24) is 9.55 Å². The zero-order chi connectivity index (χ0) is 22.2. The monoisotopic (exact) mass is 429 g/mol. The first-order valence-electron chi connectivity index (χ1n) is 8.89. The molecule has 7 nitrogen and oxygen atoms in total. The lowest BCUT2D eigenvalue weighted by Crippen LogP contribution is -2.22. The molecule has 0 aliphatic heterocycles. The van der Waals surface area contributed by atoms with Crippen molar-refractivity contribution in [2.24, 2.45) is 0 Å². The zero-order valence-corrected chi connectivity index (χ0v) is 15.6. The molecule has 4 aromatic rings. The summed E-state index contributed by atoms with van der Waals surface area (Å²) in [6.45, 7) is 0. The van der Waals surface area contributed by atoms with Gasteiger partial charge in [-0.15, -0.1) is 0 Å². The Kier molecular flexibility index (Phi) is 5.09. The third-order valence-corrected chi connectivity index (χ3v) is 4.44. The van der Waals surface area contributed by atoms with Gasteiger partial charge in [0.1, 0.15) is 11.6 Å². The van der Waals surface area contributed by atoms with Crippen molar-refractivity contribution in [3.05, 3.63) is 88.2 Å². The van der Waals surface area contributed by atoms with Crippen LogP contribution in [0.3, 0.4) is 0 Å². The fourth-order valence-electron chi connectivity index (χ4n) is 3.03. The SMILES string of the molecule is O=c1c2ccccc2nc(/C=C/c2ccc(N(O)O)o2)n1-c1cccc(C(F)(F)F)c1. The number of aromatic nitrogens is 2. The van der Waals surface area contributed by atoms with E-state index in [1.165, 1.54) is 42.5 Å². The van der Waals surface area contributed by atoms with Crippen molar-refractivity contribution in [2.45, 2.75) is 6.18 Å². The zero-order valence-electron chi connectivity index (χ0n) is 15.6. The summed E-state index contributed by atoms with van der Waals surface area (Å²) in [6, 6.07) is 13.6. The summed E-state index contributed by atoms with van der Waals surface area (Å²) in [7, 11) is 0. The van der Waals surface area contributed by atoms with E-state index in [-0.39, 0.29) is 33.8 Å². The van der Waals surface area contributed by atoms with Crippen LogP contribution in [-0.2, 0) is 6.18 Å². The molecule has 0 saturated carbocycles. The second kappa shape index (κ2) is 7.74. The van der Waals surface area contributed by atoms with Crippen molar-refractivity contribution in [3.63, 3.8) is 0 Å². The summed E-state index contributed by atoms with van der Waals surface area (Å²) in [5.41, 5.74) is -1.08. The first-order valence-corrected chi connectivity index (χ1v) is 8.89. The maximum Gasteiger partial charge on any atom is 0.416 e. The van der Waals surface area contributed by atoms with Crippen molar-refractivity contribution < 1.29 is 28.0 Å². The Balaban J connectivity index is 1.90. The number of fused-ring (bicyclic) bond motifs is 1. The lowest BCUT2D eigenvalue weighted by atomic mass is 10.1. The summed E-state index contributed by atoms with van der Waals surface area (Å²) >= 11 is 0. The average Bonchev–Trinajstić information content (AvgIpc) is 3.21. The van der Waals surface area contributed by atoms with Crippen LogP contribution in [0.15, 0.2) is 69.9 Å². The molecule has 2 aromatic heterocycles. The van der Waals surface area contributed by atoms with Crippen molar-refractivity contribution in [3.8, 4) is 5.69 Å². The molecular weight excluding hydrogens is 415 g/mol. The lowest BCUT2D eigenvalue weighted by Gasteiger charge is -2.13. The molecular formula is C21H14F3N3O4. The lowest BCUT2D eigenvalue weighted by molar-refractivity contribution is -0.137. The predicted octanol–water partition coefficient (Wildman–Crippen LogP) is 4.75. The number of hydrogen-bond acceptors (Lipinski definition) is 6. The highest BCUT2D eigenvalue weighted by Gasteiger charge is 2.30. The van der Waals surface area contributed by atoms with Crippen molar-refractivity contribution in [2.75, 3.05) is 5.23 Å². The highest BCUT2D eigenvalue weighted by Crippen LogP contribution is 2.30. The molecule has 4 rings (SSSR count). The van der Waals surface area contributed by atoms with E-state index in [2.05, 4.69) is 4.98 Å². The first-order chi connectivity index (χ1) is 14.7. The van der Waals surface area contributed by atoms with E-state index in [1.54, 1.807) is 18.2 Å². The molecule has 2 aromatic carbocycles. The van der Waals surface area contributed by atoms with E-state index < -0.39 is 17.3 Å². The van der Waals surface area contributed by atoms with Crippen LogP contribution in [0.2, 0.25) is 0 Å². The van der Waals surface area contributed by atoms with Crippen LogP contribution < -0.4 is 10.8 Å². The van der Waals surface area contributed by atoms with Gasteiger partial charge in [0.05, 0.1) is 22.2 Å². The van der Waals surface area contributed by atoms with E-state index in [0.717, 1.165) is 16.7 Å². The van der Waals surface area contributed by atoms with Crippen molar-refractivity contribution in [1.29, 1.82) is 0 Å². The maximum absolute atomic E-state index is 13.2. The number of alkyl halides is 3. The second-order valence-electron chi connectivity index (χ2n) is 6.47. The minimum absolute atomic E-state index is 0.00486. The number of furan rings is 1. The van der Waals surface area contributed by atoms with Gasteiger partial charge in [-0.25, -0.2) is 4.98 Å². The topological polar surface area (TPSA) is 91.7 Å². The fourth-order valence-corrected chi connectivity index (χ4v) is 3.03. The molecule has 2 N–H and O–H groups in total. The highest BCUT2D eigenvalue weighted by molar-refractivity contribution is 5.80. The molecule has 0 aliphatic carbocycles. The molecule has 31 heavy (non-hydrogen) atoms. The summed E-state index contributed by atoms with van der Waals surface area (Å²) in [5, 5.41) is 18.0. The van der Waals surface area contributed by atoms with E-state index in [0.29, 0.717) is 5.52 Å². The summed E-state index contributed by atoms with van der Waals surface area (Å²) in [4.78, 5) is 17.5. The van der Waals surface area contributed by atoms with Gasteiger partial charge in [-0.2, -0.15) is 13.2 Å². The number of rotatable bonds is 4. The molecule has 0 saturated heterocycles. The molecule has 0 atom stereocenters. The molecule has 0 radical (unpaired) electrons. The van der Waals surface area contributed by atoms with Gasteiger partial charge in [0.25, 0.3) is 5.56 Å². The number of halogens is 3. The summed E-state index contributed by atoms with van der Waals surface area (Å²) < 4.78 is 45.8. The molecule has 0 aliphatic rings. The summed E-state index contributed by atoms with van der Waals surface area (Å²) in [5.74, 6) is 0.00770. The van der Waals surface area contributed by atoms with Crippen LogP contribution in [-0.4, -0.2) is 20.0 Å².